The summed E-state index contributed by atoms with van der Waals surface area (Å²) in [7, 11) is 0. The summed E-state index contributed by atoms with van der Waals surface area (Å²) in [5, 5.41) is 4.05. The molecule has 1 aromatic carbocycles. The number of fused-ring (bicyclic) bond motifs is 1. The highest BCUT2D eigenvalue weighted by molar-refractivity contribution is 9.10. The molecule has 1 aliphatic heterocycles. The molecule has 0 saturated carbocycles. The zero-order valence-corrected chi connectivity index (χ0v) is 12.2. The van der Waals surface area contributed by atoms with Crippen molar-refractivity contribution in [2.75, 3.05) is 13.1 Å². The maximum absolute atomic E-state index is 12.4. The van der Waals surface area contributed by atoms with Gasteiger partial charge < -0.3 is 9.42 Å². The molecule has 1 amide bonds. The van der Waals surface area contributed by atoms with Gasteiger partial charge in [0.15, 0.2) is 5.76 Å². The van der Waals surface area contributed by atoms with Crippen LogP contribution >= 0.6 is 15.9 Å². The highest BCUT2D eigenvalue weighted by Crippen LogP contribution is 2.30. The molecule has 0 atom stereocenters. The second-order valence-electron chi connectivity index (χ2n) is 4.52. The summed E-state index contributed by atoms with van der Waals surface area (Å²) in [6, 6.07) is 7.61. The van der Waals surface area contributed by atoms with Crippen molar-refractivity contribution in [2.45, 2.75) is 6.42 Å². The van der Waals surface area contributed by atoms with Crippen LogP contribution in [0.3, 0.4) is 0 Å². The Bertz CT molecular complexity index is 698. The molecule has 0 radical (unpaired) electrons. The van der Waals surface area contributed by atoms with Gasteiger partial charge in [0.25, 0.3) is 5.91 Å². The van der Waals surface area contributed by atoms with Crippen LogP contribution in [0, 0.1) is 12.3 Å². The van der Waals surface area contributed by atoms with E-state index in [1.54, 1.807) is 4.90 Å². The third-order valence-corrected chi connectivity index (χ3v) is 3.80. The smallest absolute Gasteiger partial charge is 0.260 e. The van der Waals surface area contributed by atoms with Crippen LogP contribution in [0.1, 0.15) is 16.1 Å². The SMILES string of the molecule is C#CCN1CCc2onc(-c3ccc(Br)cc3)c2C1=O. The minimum Gasteiger partial charge on any atom is -0.360 e. The van der Waals surface area contributed by atoms with Gasteiger partial charge in [-0.3, -0.25) is 4.79 Å². The van der Waals surface area contributed by atoms with E-state index < -0.39 is 0 Å². The van der Waals surface area contributed by atoms with E-state index in [9.17, 15) is 4.79 Å². The summed E-state index contributed by atoms with van der Waals surface area (Å²) >= 11 is 3.38. The van der Waals surface area contributed by atoms with Crippen LogP contribution in [-0.2, 0) is 6.42 Å². The lowest BCUT2D eigenvalue weighted by Crippen LogP contribution is -2.37. The lowest BCUT2D eigenvalue weighted by molar-refractivity contribution is 0.0755. The van der Waals surface area contributed by atoms with Crippen LogP contribution in [0.15, 0.2) is 33.3 Å². The molecule has 0 saturated heterocycles. The summed E-state index contributed by atoms with van der Waals surface area (Å²) in [4.78, 5) is 14.1. The minimum absolute atomic E-state index is 0.108. The molecule has 2 heterocycles. The van der Waals surface area contributed by atoms with E-state index in [4.69, 9.17) is 10.9 Å². The van der Waals surface area contributed by atoms with Crippen molar-refractivity contribution in [3.05, 3.63) is 40.1 Å². The molecule has 100 valence electrons. The quantitative estimate of drug-likeness (QED) is 0.795. The molecular weight excluding hydrogens is 320 g/mol. The first-order valence-corrected chi connectivity index (χ1v) is 6.97. The number of terminal acetylenes is 1. The van der Waals surface area contributed by atoms with Crippen LogP contribution in [0.4, 0.5) is 0 Å². The Labute approximate surface area is 124 Å². The number of nitrogens with zero attached hydrogens (tertiary/aromatic N) is 2. The number of amides is 1. The normalized spacial score (nSPS) is 14.0. The summed E-state index contributed by atoms with van der Waals surface area (Å²) < 4.78 is 6.28. The lowest BCUT2D eigenvalue weighted by atomic mass is 10.0. The third kappa shape index (κ3) is 2.12. The molecule has 3 rings (SSSR count). The average Bonchev–Trinajstić information content (AvgIpc) is 2.88. The van der Waals surface area contributed by atoms with E-state index in [1.807, 2.05) is 24.3 Å². The molecule has 4 nitrogen and oxygen atoms in total. The Morgan fingerprint density at radius 2 is 2.15 bits per heavy atom. The van der Waals surface area contributed by atoms with Crippen molar-refractivity contribution in [1.82, 2.24) is 10.1 Å². The molecule has 20 heavy (non-hydrogen) atoms. The second-order valence-corrected chi connectivity index (χ2v) is 5.43. The van der Waals surface area contributed by atoms with E-state index in [-0.39, 0.29) is 5.91 Å². The van der Waals surface area contributed by atoms with E-state index in [0.717, 1.165) is 10.0 Å². The molecule has 0 unspecified atom stereocenters. The first-order chi connectivity index (χ1) is 9.70. The number of carbonyl (C=O) groups excluding carboxylic acids is 1. The number of rotatable bonds is 2. The molecule has 1 aliphatic rings. The minimum atomic E-state index is -0.108. The Hall–Kier alpha value is -2.06. The highest BCUT2D eigenvalue weighted by atomic mass is 79.9. The van der Waals surface area contributed by atoms with Crippen LogP contribution < -0.4 is 0 Å². The highest BCUT2D eigenvalue weighted by Gasteiger charge is 2.31. The molecule has 0 fully saturated rings. The van der Waals surface area contributed by atoms with Gasteiger partial charge in [0, 0.05) is 23.0 Å². The Morgan fingerprint density at radius 3 is 2.85 bits per heavy atom. The number of benzene rings is 1. The van der Waals surface area contributed by atoms with Crippen molar-refractivity contribution < 1.29 is 9.32 Å². The van der Waals surface area contributed by atoms with Crippen LogP contribution in [0.2, 0.25) is 0 Å². The monoisotopic (exact) mass is 330 g/mol. The molecular formula is C15H11BrN2O2. The van der Waals surface area contributed by atoms with Gasteiger partial charge in [0.2, 0.25) is 0 Å². The maximum Gasteiger partial charge on any atom is 0.260 e. The number of aromatic nitrogens is 1. The fourth-order valence-electron chi connectivity index (χ4n) is 2.28. The zero-order valence-electron chi connectivity index (χ0n) is 10.6. The van der Waals surface area contributed by atoms with Crippen LogP contribution in [0.5, 0.6) is 0 Å². The van der Waals surface area contributed by atoms with E-state index >= 15 is 0 Å². The van der Waals surface area contributed by atoms with Gasteiger partial charge in [-0.05, 0) is 12.1 Å². The Kier molecular flexibility index (Phi) is 3.33. The molecule has 1 aromatic heterocycles. The van der Waals surface area contributed by atoms with Gasteiger partial charge in [0.05, 0.1) is 6.54 Å². The summed E-state index contributed by atoms with van der Waals surface area (Å²) in [5.74, 6) is 3.04. The molecule has 2 aromatic rings. The number of carbonyl (C=O) groups is 1. The molecule has 0 N–H and O–H groups in total. The topological polar surface area (TPSA) is 46.3 Å². The van der Waals surface area contributed by atoms with Gasteiger partial charge in [-0.15, -0.1) is 6.42 Å². The number of hydrogen-bond donors (Lipinski definition) is 0. The largest absolute Gasteiger partial charge is 0.360 e. The number of halogens is 1. The van der Waals surface area contributed by atoms with Crippen LogP contribution in [0.25, 0.3) is 11.3 Å². The predicted molar refractivity (Wildman–Crippen MR) is 78.1 cm³/mol. The fourth-order valence-corrected chi connectivity index (χ4v) is 2.54. The van der Waals surface area contributed by atoms with Crippen molar-refractivity contribution >= 4 is 21.8 Å². The predicted octanol–water partition coefficient (Wildman–Crippen LogP) is 2.74. The van der Waals surface area contributed by atoms with Gasteiger partial charge >= 0.3 is 0 Å². The van der Waals surface area contributed by atoms with Crippen molar-refractivity contribution in [1.29, 1.82) is 0 Å². The molecule has 0 bridgehead atoms. The van der Waals surface area contributed by atoms with E-state index in [2.05, 4.69) is 27.0 Å². The first kappa shape index (κ1) is 12.9. The third-order valence-electron chi connectivity index (χ3n) is 3.27. The first-order valence-electron chi connectivity index (χ1n) is 6.18. The van der Waals surface area contributed by atoms with Crippen LogP contribution in [-0.4, -0.2) is 29.1 Å². The zero-order chi connectivity index (χ0) is 14.1. The van der Waals surface area contributed by atoms with Gasteiger partial charge in [-0.2, -0.15) is 0 Å². The lowest BCUT2D eigenvalue weighted by Gasteiger charge is -2.23. The van der Waals surface area contributed by atoms with Gasteiger partial charge in [0.1, 0.15) is 11.3 Å². The van der Waals surface area contributed by atoms with Gasteiger partial charge in [-0.25, -0.2) is 0 Å². The van der Waals surface area contributed by atoms with E-state index in [1.165, 1.54) is 0 Å². The maximum atomic E-state index is 12.4. The van der Waals surface area contributed by atoms with E-state index in [0.29, 0.717) is 36.5 Å². The summed E-state index contributed by atoms with van der Waals surface area (Å²) in [5.41, 5.74) is 1.97. The number of hydrogen-bond acceptors (Lipinski definition) is 3. The second kappa shape index (κ2) is 5.14. The summed E-state index contributed by atoms with van der Waals surface area (Å²) in [6.45, 7) is 0.883. The summed E-state index contributed by atoms with van der Waals surface area (Å²) in [6.07, 6.45) is 5.94. The van der Waals surface area contributed by atoms with Crippen molar-refractivity contribution in [3.63, 3.8) is 0 Å². The molecule has 5 heteroatoms. The Morgan fingerprint density at radius 1 is 1.40 bits per heavy atom. The molecule has 0 spiro atoms. The van der Waals surface area contributed by atoms with Crippen molar-refractivity contribution in [3.8, 4) is 23.6 Å². The van der Waals surface area contributed by atoms with Crippen molar-refractivity contribution in [2.24, 2.45) is 0 Å². The standard InChI is InChI=1S/C15H11BrN2O2/c1-2-8-18-9-7-12-13(15(18)19)14(17-20-12)10-3-5-11(16)6-4-10/h1,3-6H,7-9H2. The Balaban J connectivity index is 2.04. The average molecular weight is 331 g/mol. The molecule has 0 aliphatic carbocycles. The van der Waals surface area contributed by atoms with Gasteiger partial charge in [-0.1, -0.05) is 39.1 Å². The fraction of sp³-hybridized carbons (Fsp3) is 0.200.